The summed E-state index contributed by atoms with van der Waals surface area (Å²) in [4.78, 5) is 12.5. The summed E-state index contributed by atoms with van der Waals surface area (Å²) in [6.45, 7) is 2.48. The predicted molar refractivity (Wildman–Crippen MR) is 101 cm³/mol. The van der Waals surface area contributed by atoms with Crippen molar-refractivity contribution in [2.24, 2.45) is 0 Å². The Labute approximate surface area is 155 Å². The van der Waals surface area contributed by atoms with Crippen LogP contribution < -0.4 is 5.32 Å². The van der Waals surface area contributed by atoms with Crippen molar-refractivity contribution in [3.05, 3.63) is 89.4 Å². The van der Waals surface area contributed by atoms with Crippen LogP contribution in [0, 0.1) is 12.7 Å². The van der Waals surface area contributed by atoms with E-state index in [0.717, 1.165) is 16.7 Å². The van der Waals surface area contributed by atoms with Crippen LogP contribution in [-0.2, 0) is 6.54 Å². The van der Waals surface area contributed by atoms with E-state index >= 15 is 0 Å². The van der Waals surface area contributed by atoms with Crippen molar-refractivity contribution in [2.75, 3.05) is 0 Å². The number of carbonyl (C=O) groups excluding carboxylic acids is 1. The van der Waals surface area contributed by atoms with Gasteiger partial charge in [-0.15, -0.1) is 10.2 Å². The van der Waals surface area contributed by atoms with Gasteiger partial charge in [0.15, 0.2) is 11.5 Å². The third-order valence-electron chi connectivity index (χ3n) is 4.48. The van der Waals surface area contributed by atoms with Gasteiger partial charge >= 0.3 is 0 Å². The van der Waals surface area contributed by atoms with Gasteiger partial charge < -0.3 is 5.32 Å². The van der Waals surface area contributed by atoms with Crippen LogP contribution in [0.5, 0.6) is 0 Å². The van der Waals surface area contributed by atoms with Crippen LogP contribution in [0.2, 0.25) is 0 Å². The van der Waals surface area contributed by atoms with E-state index in [9.17, 15) is 9.18 Å². The highest BCUT2D eigenvalue weighted by Crippen LogP contribution is 2.19. The summed E-state index contributed by atoms with van der Waals surface area (Å²) in [6.07, 6.45) is 1.75. The van der Waals surface area contributed by atoms with Crippen LogP contribution in [0.3, 0.4) is 0 Å². The molecule has 0 unspecified atom stereocenters. The summed E-state index contributed by atoms with van der Waals surface area (Å²) in [5.74, 6) is 0.115. The van der Waals surface area contributed by atoms with Crippen molar-refractivity contribution < 1.29 is 9.18 Å². The number of fused-ring (bicyclic) bond motifs is 1. The Balaban J connectivity index is 1.56. The summed E-state index contributed by atoms with van der Waals surface area (Å²) in [7, 11) is 0. The zero-order valence-electron chi connectivity index (χ0n) is 14.7. The van der Waals surface area contributed by atoms with Crippen LogP contribution in [-0.4, -0.2) is 20.5 Å². The molecule has 0 saturated carbocycles. The quantitative estimate of drug-likeness (QED) is 0.603. The first-order valence-electron chi connectivity index (χ1n) is 8.55. The molecule has 2 aromatic carbocycles. The van der Waals surface area contributed by atoms with Gasteiger partial charge in [-0.2, -0.15) is 0 Å². The summed E-state index contributed by atoms with van der Waals surface area (Å²) in [6, 6.07) is 17.4. The van der Waals surface area contributed by atoms with E-state index in [1.165, 1.54) is 12.1 Å². The number of nitrogens with zero attached hydrogens (tertiary/aromatic N) is 3. The lowest BCUT2D eigenvalue weighted by Crippen LogP contribution is -2.23. The number of nitrogens with one attached hydrogen (secondary N) is 1. The average molecular weight is 360 g/mol. The van der Waals surface area contributed by atoms with Gasteiger partial charge in [-0.05, 0) is 54.4 Å². The number of aromatic nitrogens is 3. The molecule has 134 valence electrons. The maximum absolute atomic E-state index is 13.1. The molecule has 1 N–H and O–H groups in total. The molecule has 2 aromatic heterocycles. The second-order valence-corrected chi connectivity index (χ2v) is 6.28. The minimum absolute atomic E-state index is 0.174. The minimum Gasteiger partial charge on any atom is -0.348 e. The Hall–Kier alpha value is -3.54. The molecule has 0 atom stereocenters. The Morgan fingerprint density at radius 2 is 1.85 bits per heavy atom. The maximum atomic E-state index is 13.1. The zero-order valence-corrected chi connectivity index (χ0v) is 14.7. The highest BCUT2D eigenvalue weighted by atomic mass is 19.1. The highest BCUT2D eigenvalue weighted by Gasteiger charge is 2.12. The average Bonchev–Trinajstić information content (AvgIpc) is 3.11. The van der Waals surface area contributed by atoms with Crippen molar-refractivity contribution in [1.82, 2.24) is 19.9 Å². The lowest BCUT2D eigenvalue weighted by molar-refractivity contribution is 0.0951. The van der Waals surface area contributed by atoms with Crippen molar-refractivity contribution >= 4 is 11.6 Å². The summed E-state index contributed by atoms with van der Waals surface area (Å²) >= 11 is 0. The van der Waals surface area contributed by atoms with Gasteiger partial charge in [-0.25, -0.2) is 4.39 Å². The minimum atomic E-state index is -0.305. The first kappa shape index (κ1) is 16.9. The second-order valence-electron chi connectivity index (χ2n) is 6.28. The molecule has 6 heteroatoms. The molecule has 0 aliphatic carbocycles. The molecule has 2 heterocycles. The summed E-state index contributed by atoms with van der Waals surface area (Å²) < 4.78 is 14.9. The highest BCUT2D eigenvalue weighted by molar-refractivity contribution is 5.95. The predicted octanol–water partition coefficient (Wildman–Crippen LogP) is 3.77. The topological polar surface area (TPSA) is 59.3 Å². The van der Waals surface area contributed by atoms with Crippen LogP contribution in [0.25, 0.3) is 17.0 Å². The Kier molecular flexibility index (Phi) is 4.38. The summed E-state index contributed by atoms with van der Waals surface area (Å²) in [5.41, 5.74) is 4.02. The summed E-state index contributed by atoms with van der Waals surface area (Å²) in [5, 5.41) is 11.2. The number of hydrogen-bond acceptors (Lipinski definition) is 3. The van der Waals surface area contributed by atoms with Gasteiger partial charge in [0.05, 0.1) is 0 Å². The molecule has 4 aromatic rings. The Morgan fingerprint density at radius 1 is 1.07 bits per heavy atom. The molecule has 0 fully saturated rings. The van der Waals surface area contributed by atoms with Gasteiger partial charge in [-0.1, -0.05) is 24.3 Å². The number of aryl methyl sites for hydroxylation is 1. The fourth-order valence-electron chi connectivity index (χ4n) is 2.91. The van der Waals surface area contributed by atoms with Gasteiger partial charge in [-0.3, -0.25) is 9.20 Å². The molecule has 0 saturated heterocycles. The van der Waals surface area contributed by atoms with E-state index in [-0.39, 0.29) is 11.7 Å². The van der Waals surface area contributed by atoms with Gasteiger partial charge in [0, 0.05) is 23.9 Å². The van der Waals surface area contributed by atoms with Crippen molar-refractivity contribution in [1.29, 1.82) is 0 Å². The number of amides is 1. The number of halogens is 1. The number of rotatable bonds is 4. The van der Waals surface area contributed by atoms with E-state index < -0.39 is 0 Å². The molecule has 1 amide bonds. The van der Waals surface area contributed by atoms with Crippen molar-refractivity contribution in [3.8, 4) is 11.4 Å². The van der Waals surface area contributed by atoms with Crippen LogP contribution >= 0.6 is 0 Å². The van der Waals surface area contributed by atoms with E-state index in [1.807, 2.05) is 31.2 Å². The van der Waals surface area contributed by atoms with Crippen molar-refractivity contribution in [2.45, 2.75) is 13.5 Å². The molecular formula is C21H17FN4O. The standard InChI is InChI=1S/C21H17FN4O/c1-14-4-2-3-5-17(14)13-23-21(27)16-10-11-26-19(12-16)24-25-20(26)15-6-8-18(22)9-7-15/h2-12H,13H2,1H3,(H,23,27). The smallest absolute Gasteiger partial charge is 0.251 e. The zero-order chi connectivity index (χ0) is 18.8. The monoisotopic (exact) mass is 360 g/mol. The Bertz CT molecular complexity index is 1120. The van der Waals surface area contributed by atoms with Gasteiger partial charge in [0.2, 0.25) is 0 Å². The van der Waals surface area contributed by atoms with E-state index in [4.69, 9.17) is 0 Å². The molecule has 0 spiro atoms. The molecule has 0 radical (unpaired) electrons. The van der Waals surface area contributed by atoms with E-state index in [2.05, 4.69) is 15.5 Å². The molecule has 0 aliphatic rings. The number of hydrogen-bond donors (Lipinski definition) is 1. The number of pyridine rings is 1. The van der Waals surface area contributed by atoms with Gasteiger partial charge in [0.1, 0.15) is 5.82 Å². The first-order valence-corrected chi connectivity index (χ1v) is 8.55. The van der Waals surface area contributed by atoms with E-state index in [0.29, 0.717) is 23.6 Å². The largest absolute Gasteiger partial charge is 0.348 e. The van der Waals surface area contributed by atoms with Gasteiger partial charge in [0.25, 0.3) is 5.91 Å². The maximum Gasteiger partial charge on any atom is 0.251 e. The van der Waals surface area contributed by atoms with Crippen molar-refractivity contribution in [3.63, 3.8) is 0 Å². The van der Waals surface area contributed by atoms with E-state index in [1.54, 1.807) is 34.9 Å². The molecule has 0 aliphatic heterocycles. The van der Waals surface area contributed by atoms with Crippen LogP contribution in [0.15, 0.2) is 66.9 Å². The number of benzene rings is 2. The van der Waals surface area contributed by atoms with Crippen LogP contribution in [0.1, 0.15) is 21.5 Å². The SMILES string of the molecule is Cc1ccccc1CNC(=O)c1ccn2c(-c3ccc(F)cc3)nnc2c1. The number of carbonyl (C=O) groups is 1. The molecule has 0 bridgehead atoms. The first-order chi connectivity index (χ1) is 13.1. The molecular weight excluding hydrogens is 343 g/mol. The fourth-order valence-corrected chi connectivity index (χ4v) is 2.91. The molecule has 27 heavy (non-hydrogen) atoms. The third kappa shape index (κ3) is 3.42. The Morgan fingerprint density at radius 3 is 2.63 bits per heavy atom. The second kappa shape index (κ2) is 6.99. The third-order valence-corrected chi connectivity index (χ3v) is 4.48. The molecule has 5 nitrogen and oxygen atoms in total. The lowest BCUT2D eigenvalue weighted by atomic mass is 10.1. The molecule has 4 rings (SSSR count). The normalized spacial score (nSPS) is 10.9. The fraction of sp³-hybridized carbons (Fsp3) is 0.0952. The van der Waals surface area contributed by atoms with Crippen LogP contribution in [0.4, 0.5) is 4.39 Å². The lowest BCUT2D eigenvalue weighted by Gasteiger charge is -2.08.